The molecule has 1 aliphatic carbocycles. The van der Waals surface area contributed by atoms with E-state index in [4.69, 9.17) is 0 Å². The molecule has 3 fully saturated rings. The van der Waals surface area contributed by atoms with Crippen molar-refractivity contribution < 1.29 is 4.79 Å². The van der Waals surface area contributed by atoms with E-state index in [1.807, 2.05) is 7.05 Å². The van der Waals surface area contributed by atoms with Crippen molar-refractivity contribution in [3.05, 3.63) is 0 Å². The van der Waals surface area contributed by atoms with Crippen molar-refractivity contribution >= 4 is 11.9 Å². The van der Waals surface area contributed by atoms with Crippen molar-refractivity contribution in [1.29, 1.82) is 0 Å². The van der Waals surface area contributed by atoms with Gasteiger partial charge in [0.15, 0.2) is 5.96 Å². The van der Waals surface area contributed by atoms with Crippen molar-refractivity contribution in [2.75, 3.05) is 72.5 Å². The van der Waals surface area contributed by atoms with Gasteiger partial charge in [-0.05, 0) is 32.4 Å². The summed E-state index contributed by atoms with van der Waals surface area (Å²) >= 11 is 0. The van der Waals surface area contributed by atoms with E-state index >= 15 is 0 Å². The van der Waals surface area contributed by atoms with Crippen molar-refractivity contribution in [3.8, 4) is 0 Å². The van der Waals surface area contributed by atoms with E-state index in [9.17, 15) is 4.79 Å². The van der Waals surface area contributed by atoms with E-state index in [1.165, 1.54) is 19.3 Å². The lowest BCUT2D eigenvalue weighted by atomic mass is 10.1. The lowest BCUT2D eigenvalue weighted by Crippen LogP contribution is -2.52. The van der Waals surface area contributed by atoms with Crippen molar-refractivity contribution in [3.63, 3.8) is 0 Å². The van der Waals surface area contributed by atoms with Gasteiger partial charge in [-0.25, -0.2) is 0 Å². The fourth-order valence-corrected chi connectivity index (χ4v) is 5.25. The Hall–Kier alpha value is -1.34. The first-order valence-corrected chi connectivity index (χ1v) is 11.9. The number of rotatable bonds is 7. The number of hydrogen-bond donors (Lipinski definition) is 1. The summed E-state index contributed by atoms with van der Waals surface area (Å²) in [4.78, 5) is 26.6. The molecule has 2 saturated heterocycles. The van der Waals surface area contributed by atoms with Gasteiger partial charge in [0, 0.05) is 71.4 Å². The third-order valence-corrected chi connectivity index (χ3v) is 7.10. The van der Waals surface area contributed by atoms with Crippen molar-refractivity contribution in [1.82, 2.24) is 24.9 Å². The zero-order chi connectivity index (χ0) is 20.6. The molecule has 2 heterocycles. The zero-order valence-electron chi connectivity index (χ0n) is 18.9. The van der Waals surface area contributed by atoms with Gasteiger partial charge in [-0.15, -0.1) is 0 Å². The van der Waals surface area contributed by atoms with Crippen LogP contribution in [0.25, 0.3) is 0 Å². The average Bonchev–Trinajstić information content (AvgIpc) is 3.45. The summed E-state index contributed by atoms with van der Waals surface area (Å²) in [5.41, 5.74) is 0. The fraction of sp³-hybridized carbons (Fsp3) is 0.909. The van der Waals surface area contributed by atoms with Gasteiger partial charge in [-0.2, -0.15) is 0 Å². The van der Waals surface area contributed by atoms with E-state index in [0.29, 0.717) is 17.9 Å². The molecule has 0 aromatic rings. The number of hydrogen-bond acceptors (Lipinski definition) is 4. The van der Waals surface area contributed by atoms with E-state index in [2.05, 4.69) is 43.8 Å². The Kier molecular flexibility index (Phi) is 8.60. The van der Waals surface area contributed by atoms with Gasteiger partial charge in [0.25, 0.3) is 0 Å². The predicted octanol–water partition coefficient (Wildman–Crippen LogP) is 1.31. The normalized spacial score (nSPS) is 24.7. The van der Waals surface area contributed by atoms with Gasteiger partial charge in [0.2, 0.25) is 5.91 Å². The Balaban J connectivity index is 1.35. The number of carbonyl (C=O) groups is 1. The molecule has 3 rings (SSSR count). The minimum atomic E-state index is 0.312. The van der Waals surface area contributed by atoms with E-state index in [0.717, 1.165) is 84.2 Å². The van der Waals surface area contributed by atoms with E-state index in [-0.39, 0.29) is 0 Å². The number of guanidine groups is 1. The first-order valence-electron chi connectivity index (χ1n) is 11.9. The smallest absolute Gasteiger partial charge is 0.225 e. The van der Waals surface area contributed by atoms with Gasteiger partial charge >= 0.3 is 0 Å². The van der Waals surface area contributed by atoms with Crippen LogP contribution < -0.4 is 5.32 Å². The number of nitrogens with one attached hydrogen (secondary N) is 1. The molecule has 7 nitrogen and oxygen atoms in total. The van der Waals surface area contributed by atoms with Crippen LogP contribution in [0.4, 0.5) is 0 Å². The maximum absolute atomic E-state index is 12.6. The Morgan fingerprint density at radius 3 is 2.31 bits per heavy atom. The highest BCUT2D eigenvalue weighted by Gasteiger charge is 2.30. The van der Waals surface area contributed by atoms with Crippen LogP contribution in [0.5, 0.6) is 0 Å². The molecular formula is C22H42N6O. The van der Waals surface area contributed by atoms with Gasteiger partial charge in [0.1, 0.15) is 0 Å². The number of nitrogens with zero attached hydrogens (tertiary/aromatic N) is 5. The van der Waals surface area contributed by atoms with Gasteiger partial charge in [-0.1, -0.05) is 26.7 Å². The number of likely N-dealkylation sites (tertiary alicyclic amines) is 1. The first kappa shape index (κ1) is 22.3. The summed E-state index contributed by atoms with van der Waals surface area (Å²) in [6.45, 7) is 14.6. The van der Waals surface area contributed by atoms with Gasteiger partial charge < -0.3 is 15.1 Å². The minimum Gasteiger partial charge on any atom is -0.355 e. The summed E-state index contributed by atoms with van der Waals surface area (Å²) in [6.07, 6.45) is 5.90. The molecule has 0 aromatic carbocycles. The largest absolute Gasteiger partial charge is 0.355 e. The van der Waals surface area contributed by atoms with Crippen LogP contribution in [-0.2, 0) is 4.79 Å². The van der Waals surface area contributed by atoms with Gasteiger partial charge in [0.05, 0.1) is 0 Å². The highest BCUT2D eigenvalue weighted by Crippen LogP contribution is 2.26. The topological polar surface area (TPSA) is 54.4 Å². The zero-order valence-corrected chi connectivity index (χ0v) is 18.9. The molecule has 0 radical (unpaired) electrons. The highest BCUT2D eigenvalue weighted by atomic mass is 16.2. The summed E-state index contributed by atoms with van der Waals surface area (Å²) in [5.74, 6) is 1.76. The molecule has 166 valence electrons. The van der Waals surface area contributed by atoms with Crippen LogP contribution >= 0.6 is 0 Å². The third kappa shape index (κ3) is 5.85. The number of amides is 1. The van der Waals surface area contributed by atoms with Crippen LogP contribution in [0, 0.1) is 5.92 Å². The maximum atomic E-state index is 12.6. The Morgan fingerprint density at radius 1 is 1.00 bits per heavy atom. The summed E-state index contributed by atoms with van der Waals surface area (Å²) < 4.78 is 0. The van der Waals surface area contributed by atoms with Gasteiger partial charge in [-0.3, -0.25) is 19.6 Å². The summed E-state index contributed by atoms with van der Waals surface area (Å²) in [5, 5.41) is 3.57. The lowest BCUT2D eigenvalue weighted by molar-refractivity contribution is -0.137. The Labute approximate surface area is 177 Å². The summed E-state index contributed by atoms with van der Waals surface area (Å²) in [6, 6.07) is 0.647. The van der Waals surface area contributed by atoms with E-state index < -0.39 is 0 Å². The fourth-order valence-electron chi connectivity index (χ4n) is 5.25. The number of carbonyl (C=O) groups excluding carboxylic acids is 1. The SMILES string of the molecule is CCN(CC)C1CCN(C(=NC)NCCN2CCN(C(=O)C3CCCC3)CC2)C1. The quantitative estimate of drug-likeness (QED) is 0.510. The molecule has 1 unspecified atom stereocenters. The molecule has 1 N–H and O–H groups in total. The van der Waals surface area contributed by atoms with Crippen LogP contribution in [0.3, 0.4) is 0 Å². The molecule has 1 saturated carbocycles. The predicted molar refractivity (Wildman–Crippen MR) is 119 cm³/mol. The monoisotopic (exact) mass is 406 g/mol. The standard InChI is InChI=1S/C22H42N6O/c1-4-26(5-2)20-10-12-28(18-20)22(23-3)24-11-13-25-14-16-27(17-15-25)21(29)19-8-6-7-9-19/h19-20H,4-18H2,1-3H3,(H,23,24). The molecule has 1 atom stereocenters. The highest BCUT2D eigenvalue weighted by molar-refractivity contribution is 5.80. The second-order valence-corrected chi connectivity index (χ2v) is 8.73. The molecule has 0 spiro atoms. The minimum absolute atomic E-state index is 0.312. The maximum Gasteiger partial charge on any atom is 0.225 e. The first-order chi connectivity index (χ1) is 14.2. The molecule has 1 amide bonds. The molecule has 7 heteroatoms. The van der Waals surface area contributed by atoms with Crippen LogP contribution in [0.1, 0.15) is 46.0 Å². The molecule has 3 aliphatic rings. The lowest BCUT2D eigenvalue weighted by Gasteiger charge is -2.36. The molecule has 2 aliphatic heterocycles. The number of aliphatic imine (C=N–C) groups is 1. The van der Waals surface area contributed by atoms with Crippen molar-refractivity contribution in [2.24, 2.45) is 10.9 Å². The molecule has 0 bridgehead atoms. The van der Waals surface area contributed by atoms with Crippen LogP contribution in [0.2, 0.25) is 0 Å². The summed E-state index contributed by atoms with van der Waals surface area (Å²) in [7, 11) is 1.89. The van der Waals surface area contributed by atoms with Crippen molar-refractivity contribution in [2.45, 2.75) is 52.0 Å². The Morgan fingerprint density at radius 2 is 1.69 bits per heavy atom. The van der Waals surface area contributed by atoms with Crippen LogP contribution in [0.15, 0.2) is 4.99 Å². The number of likely N-dealkylation sites (N-methyl/N-ethyl adjacent to an activating group) is 1. The second-order valence-electron chi connectivity index (χ2n) is 8.73. The average molecular weight is 407 g/mol. The number of piperazine rings is 1. The second kappa shape index (κ2) is 11.2. The van der Waals surface area contributed by atoms with E-state index in [1.54, 1.807) is 0 Å². The third-order valence-electron chi connectivity index (χ3n) is 7.10. The molecule has 0 aromatic heterocycles. The van der Waals surface area contributed by atoms with Crippen LogP contribution in [-0.4, -0.2) is 110 Å². The Bertz CT molecular complexity index is 535. The molecule has 29 heavy (non-hydrogen) atoms. The molecular weight excluding hydrogens is 364 g/mol.